The van der Waals surface area contributed by atoms with Gasteiger partial charge in [0, 0.05) is 25.2 Å². The summed E-state index contributed by atoms with van der Waals surface area (Å²) in [4.78, 5) is 4.52. The minimum atomic E-state index is -0.274. The van der Waals surface area contributed by atoms with E-state index in [1.54, 1.807) is 7.11 Å². The van der Waals surface area contributed by atoms with E-state index in [0.29, 0.717) is 5.89 Å². The summed E-state index contributed by atoms with van der Waals surface area (Å²) in [5, 5.41) is 7.49. The van der Waals surface area contributed by atoms with Crippen LogP contribution in [0, 0.1) is 0 Å². The molecule has 0 spiro atoms. The zero-order valence-corrected chi connectivity index (χ0v) is 10.8. The molecule has 1 aliphatic carbocycles. The monoisotopic (exact) mass is 255 g/mol. The first kappa shape index (κ1) is 11.5. The average molecular weight is 255 g/mol. The van der Waals surface area contributed by atoms with Gasteiger partial charge in [0.05, 0.1) is 6.04 Å². The third-order valence-electron chi connectivity index (χ3n) is 3.62. The molecule has 2 heterocycles. The second-order valence-corrected chi connectivity index (χ2v) is 5.74. The highest BCUT2D eigenvalue weighted by Gasteiger charge is 2.43. The first-order valence-electron chi connectivity index (χ1n) is 6.04. The lowest BCUT2D eigenvalue weighted by Gasteiger charge is -2.37. The van der Waals surface area contributed by atoms with Gasteiger partial charge >= 0.3 is 0 Å². The van der Waals surface area contributed by atoms with E-state index in [-0.39, 0.29) is 11.6 Å². The highest BCUT2D eigenvalue weighted by Crippen LogP contribution is 2.43. The zero-order chi connectivity index (χ0) is 11.7. The van der Waals surface area contributed by atoms with Crippen LogP contribution in [0.3, 0.4) is 0 Å². The summed E-state index contributed by atoms with van der Waals surface area (Å²) >= 11 is 1.92. The van der Waals surface area contributed by atoms with Crippen molar-refractivity contribution in [2.45, 2.75) is 30.9 Å². The summed E-state index contributed by atoms with van der Waals surface area (Å²) in [6.45, 7) is 1.00. The number of rotatable bonds is 3. The van der Waals surface area contributed by atoms with Gasteiger partial charge in [-0.1, -0.05) is 5.16 Å². The zero-order valence-electron chi connectivity index (χ0n) is 9.94. The van der Waals surface area contributed by atoms with Crippen LogP contribution in [0.1, 0.15) is 37.0 Å². The summed E-state index contributed by atoms with van der Waals surface area (Å²) in [5.41, 5.74) is -0.274. The van der Waals surface area contributed by atoms with Crippen LogP contribution in [0.25, 0.3) is 0 Å². The van der Waals surface area contributed by atoms with Gasteiger partial charge in [0.15, 0.2) is 0 Å². The first-order chi connectivity index (χ1) is 8.34. The number of aromatic nitrogens is 2. The molecule has 1 aromatic heterocycles. The maximum Gasteiger partial charge on any atom is 0.244 e. The number of ether oxygens (including phenoxy) is 1. The summed E-state index contributed by atoms with van der Waals surface area (Å²) in [7, 11) is 1.73. The van der Waals surface area contributed by atoms with Crippen molar-refractivity contribution in [2.24, 2.45) is 0 Å². The molecule has 2 fully saturated rings. The van der Waals surface area contributed by atoms with Crippen molar-refractivity contribution < 1.29 is 9.26 Å². The van der Waals surface area contributed by atoms with Crippen LogP contribution >= 0.6 is 11.8 Å². The van der Waals surface area contributed by atoms with E-state index in [1.807, 2.05) is 11.8 Å². The maximum atomic E-state index is 5.55. The minimum Gasteiger partial charge on any atom is -0.370 e. The van der Waals surface area contributed by atoms with Crippen molar-refractivity contribution in [1.82, 2.24) is 15.5 Å². The summed E-state index contributed by atoms with van der Waals surface area (Å²) < 4.78 is 10.9. The Hall–Kier alpha value is -0.590. The lowest BCUT2D eigenvalue weighted by Crippen LogP contribution is -2.37. The molecule has 0 bridgehead atoms. The normalized spacial score (nSPS) is 27.7. The Kier molecular flexibility index (Phi) is 3.10. The Morgan fingerprint density at radius 2 is 2.41 bits per heavy atom. The average Bonchev–Trinajstić information content (AvgIpc) is 2.80. The lowest BCUT2D eigenvalue weighted by atomic mass is 9.79. The van der Waals surface area contributed by atoms with E-state index in [9.17, 15) is 0 Å². The Labute approximate surface area is 105 Å². The molecule has 17 heavy (non-hydrogen) atoms. The van der Waals surface area contributed by atoms with Crippen LogP contribution in [0.5, 0.6) is 0 Å². The van der Waals surface area contributed by atoms with Gasteiger partial charge in [0.2, 0.25) is 11.7 Å². The van der Waals surface area contributed by atoms with Crippen LogP contribution in [-0.2, 0) is 10.3 Å². The SMILES string of the molecule is COC1(c2noc(C3CSCCN3)n2)CCC1. The molecule has 0 amide bonds. The molecule has 1 atom stereocenters. The van der Waals surface area contributed by atoms with E-state index in [1.165, 1.54) is 6.42 Å². The number of nitrogens with zero attached hydrogens (tertiary/aromatic N) is 2. The molecular formula is C11H17N3O2S. The maximum absolute atomic E-state index is 5.55. The van der Waals surface area contributed by atoms with Crippen LogP contribution in [0.4, 0.5) is 0 Å². The summed E-state index contributed by atoms with van der Waals surface area (Å²) in [6.07, 6.45) is 3.17. The molecule has 3 rings (SSSR count). The summed E-state index contributed by atoms with van der Waals surface area (Å²) in [6, 6.07) is 0.198. The van der Waals surface area contributed by atoms with Gasteiger partial charge in [0.1, 0.15) is 5.60 Å². The van der Waals surface area contributed by atoms with Crippen LogP contribution in [0.2, 0.25) is 0 Å². The minimum absolute atomic E-state index is 0.198. The molecule has 1 unspecified atom stereocenters. The van der Waals surface area contributed by atoms with Gasteiger partial charge in [-0.25, -0.2) is 0 Å². The smallest absolute Gasteiger partial charge is 0.244 e. The quantitative estimate of drug-likeness (QED) is 0.882. The van der Waals surface area contributed by atoms with Crippen molar-refractivity contribution in [1.29, 1.82) is 0 Å². The third-order valence-corrected chi connectivity index (χ3v) is 4.68. The van der Waals surface area contributed by atoms with Gasteiger partial charge in [-0.15, -0.1) is 0 Å². The topological polar surface area (TPSA) is 60.2 Å². The molecule has 6 heteroatoms. The van der Waals surface area contributed by atoms with E-state index in [0.717, 1.165) is 36.7 Å². The van der Waals surface area contributed by atoms with Crippen molar-refractivity contribution in [2.75, 3.05) is 25.2 Å². The molecule has 1 saturated carbocycles. The highest BCUT2D eigenvalue weighted by atomic mass is 32.2. The van der Waals surface area contributed by atoms with E-state index < -0.39 is 0 Å². The second kappa shape index (κ2) is 4.59. The second-order valence-electron chi connectivity index (χ2n) is 4.59. The van der Waals surface area contributed by atoms with E-state index >= 15 is 0 Å². The fraction of sp³-hybridized carbons (Fsp3) is 0.818. The van der Waals surface area contributed by atoms with Crippen LogP contribution in [0.15, 0.2) is 4.52 Å². The predicted octanol–water partition coefficient (Wildman–Crippen LogP) is 1.47. The number of thioether (sulfide) groups is 1. The van der Waals surface area contributed by atoms with Gasteiger partial charge in [-0.2, -0.15) is 16.7 Å². The molecule has 94 valence electrons. The number of methoxy groups -OCH3 is 1. The Bertz CT molecular complexity index is 380. The lowest BCUT2D eigenvalue weighted by molar-refractivity contribution is -0.0858. The van der Waals surface area contributed by atoms with Crippen LogP contribution in [-0.4, -0.2) is 35.3 Å². The third kappa shape index (κ3) is 1.98. The Morgan fingerprint density at radius 1 is 1.53 bits per heavy atom. The van der Waals surface area contributed by atoms with E-state index in [4.69, 9.17) is 9.26 Å². The van der Waals surface area contributed by atoms with Crippen molar-refractivity contribution in [3.8, 4) is 0 Å². The number of hydrogen-bond donors (Lipinski definition) is 1. The molecule has 0 radical (unpaired) electrons. The molecule has 1 saturated heterocycles. The molecule has 2 aliphatic rings. The van der Waals surface area contributed by atoms with Crippen molar-refractivity contribution in [3.63, 3.8) is 0 Å². The Morgan fingerprint density at radius 3 is 3.00 bits per heavy atom. The van der Waals surface area contributed by atoms with E-state index in [2.05, 4.69) is 15.5 Å². The van der Waals surface area contributed by atoms with Crippen molar-refractivity contribution in [3.05, 3.63) is 11.7 Å². The predicted molar refractivity (Wildman–Crippen MR) is 64.9 cm³/mol. The van der Waals surface area contributed by atoms with Gasteiger partial charge in [-0.05, 0) is 19.3 Å². The van der Waals surface area contributed by atoms with Crippen LogP contribution < -0.4 is 5.32 Å². The van der Waals surface area contributed by atoms with Gasteiger partial charge in [0.25, 0.3) is 0 Å². The molecular weight excluding hydrogens is 238 g/mol. The summed E-state index contributed by atoms with van der Waals surface area (Å²) in [5.74, 6) is 3.58. The van der Waals surface area contributed by atoms with Crippen molar-refractivity contribution >= 4 is 11.8 Å². The number of nitrogens with one attached hydrogen (secondary N) is 1. The number of hydrogen-bond acceptors (Lipinski definition) is 6. The van der Waals surface area contributed by atoms with Gasteiger partial charge < -0.3 is 14.6 Å². The largest absolute Gasteiger partial charge is 0.370 e. The van der Waals surface area contributed by atoms with Gasteiger partial charge in [-0.3, -0.25) is 0 Å². The Balaban J connectivity index is 1.77. The first-order valence-corrected chi connectivity index (χ1v) is 7.20. The molecule has 0 aromatic carbocycles. The molecule has 1 N–H and O–H groups in total. The molecule has 1 aromatic rings. The fourth-order valence-corrected chi connectivity index (χ4v) is 3.23. The standard InChI is InChI=1S/C11H17N3O2S/c1-15-11(3-2-4-11)10-13-9(16-14-10)8-7-17-6-5-12-8/h8,12H,2-7H2,1H3. The fourth-order valence-electron chi connectivity index (χ4n) is 2.30. The highest BCUT2D eigenvalue weighted by molar-refractivity contribution is 7.99. The molecule has 5 nitrogen and oxygen atoms in total. The molecule has 1 aliphatic heterocycles.